The lowest BCUT2D eigenvalue weighted by Crippen LogP contribution is -2.32. The van der Waals surface area contributed by atoms with Gasteiger partial charge in [0.05, 0.1) is 0 Å². The van der Waals surface area contributed by atoms with Crippen LogP contribution in [0.1, 0.15) is 17.0 Å². The molecule has 0 aromatic heterocycles. The molecule has 0 bridgehead atoms. The van der Waals surface area contributed by atoms with E-state index >= 15 is 0 Å². The summed E-state index contributed by atoms with van der Waals surface area (Å²) in [5.41, 5.74) is 4.94. The largest absolute Gasteiger partial charge is 0.449 e. The Bertz CT molecular complexity index is 652. The van der Waals surface area contributed by atoms with Crippen LogP contribution in [0.5, 0.6) is 0 Å². The summed E-state index contributed by atoms with van der Waals surface area (Å²) >= 11 is 0. The van der Waals surface area contributed by atoms with Gasteiger partial charge in [0.1, 0.15) is 6.61 Å². The highest BCUT2D eigenvalue weighted by molar-refractivity contribution is 5.79. The maximum atomic E-state index is 11.9. The van der Waals surface area contributed by atoms with Crippen molar-refractivity contribution >= 4 is 6.09 Å². The molecule has 1 N–H and O–H groups in total. The summed E-state index contributed by atoms with van der Waals surface area (Å²) in [4.78, 5) is 13.9. The number of carbonyl (C=O) groups is 1. The van der Waals surface area contributed by atoms with Crippen LogP contribution in [0.3, 0.4) is 0 Å². The van der Waals surface area contributed by atoms with E-state index in [1.165, 1.54) is 22.3 Å². The van der Waals surface area contributed by atoms with Crippen LogP contribution in [-0.4, -0.2) is 44.8 Å². The van der Waals surface area contributed by atoms with E-state index in [0.717, 1.165) is 6.54 Å². The highest BCUT2D eigenvalue weighted by atomic mass is 16.5. The molecule has 0 saturated heterocycles. The van der Waals surface area contributed by atoms with Crippen molar-refractivity contribution in [1.82, 2.24) is 10.2 Å². The molecule has 1 amide bonds. The zero-order chi connectivity index (χ0) is 16.2. The van der Waals surface area contributed by atoms with E-state index in [2.05, 4.69) is 29.6 Å². The lowest BCUT2D eigenvalue weighted by atomic mass is 9.98. The minimum Gasteiger partial charge on any atom is -0.449 e. The number of ether oxygens (including phenoxy) is 1. The molecular weight excluding hydrogens is 288 g/mol. The summed E-state index contributed by atoms with van der Waals surface area (Å²) in [6.07, 6.45) is -0.353. The maximum absolute atomic E-state index is 11.9. The molecule has 1 aliphatic rings. The average Bonchev–Trinajstić information content (AvgIpc) is 2.87. The average molecular weight is 310 g/mol. The monoisotopic (exact) mass is 310 g/mol. The highest BCUT2D eigenvalue weighted by Gasteiger charge is 2.28. The molecule has 120 valence electrons. The first-order chi connectivity index (χ1) is 11.2. The number of hydrogen-bond donors (Lipinski definition) is 1. The van der Waals surface area contributed by atoms with Crippen LogP contribution in [0.15, 0.2) is 48.5 Å². The Morgan fingerprint density at radius 3 is 2.17 bits per heavy atom. The number of fused-ring (bicyclic) bond motifs is 3. The molecule has 0 unspecified atom stereocenters. The summed E-state index contributed by atoms with van der Waals surface area (Å²) in [5, 5.41) is 2.78. The molecule has 23 heavy (non-hydrogen) atoms. The third-order valence-corrected chi connectivity index (χ3v) is 4.17. The normalized spacial score (nSPS) is 12.8. The van der Waals surface area contributed by atoms with Crippen molar-refractivity contribution in [2.24, 2.45) is 0 Å². The first-order valence-corrected chi connectivity index (χ1v) is 7.90. The molecule has 0 heterocycles. The number of alkyl carbamates (subject to hydrolysis) is 1. The quantitative estimate of drug-likeness (QED) is 0.923. The SMILES string of the molecule is CN(C)CCNC(=O)OCC1c2ccccc2-c2ccccc21. The number of amides is 1. The van der Waals surface area contributed by atoms with Gasteiger partial charge in [-0.3, -0.25) is 0 Å². The molecule has 2 aromatic rings. The molecule has 1 aliphatic carbocycles. The van der Waals surface area contributed by atoms with Gasteiger partial charge in [0, 0.05) is 19.0 Å². The molecule has 2 aromatic carbocycles. The number of nitrogens with one attached hydrogen (secondary N) is 1. The van der Waals surface area contributed by atoms with Crippen molar-refractivity contribution in [1.29, 1.82) is 0 Å². The molecule has 4 nitrogen and oxygen atoms in total. The second-order valence-electron chi connectivity index (χ2n) is 6.06. The van der Waals surface area contributed by atoms with Crippen molar-refractivity contribution in [3.05, 3.63) is 59.7 Å². The molecule has 0 atom stereocenters. The molecule has 4 heteroatoms. The smallest absolute Gasteiger partial charge is 0.407 e. The maximum Gasteiger partial charge on any atom is 0.407 e. The Morgan fingerprint density at radius 2 is 1.61 bits per heavy atom. The minimum atomic E-state index is -0.353. The van der Waals surface area contributed by atoms with Crippen molar-refractivity contribution in [3.8, 4) is 11.1 Å². The predicted molar refractivity (Wildman–Crippen MR) is 91.6 cm³/mol. The molecular formula is C19H22N2O2. The fourth-order valence-corrected chi connectivity index (χ4v) is 3.03. The molecule has 0 radical (unpaired) electrons. The molecule has 0 spiro atoms. The molecule has 3 rings (SSSR count). The van der Waals surface area contributed by atoms with Gasteiger partial charge in [0.15, 0.2) is 0 Å². The third-order valence-electron chi connectivity index (χ3n) is 4.17. The van der Waals surface area contributed by atoms with Gasteiger partial charge in [0.2, 0.25) is 0 Å². The van der Waals surface area contributed by atoms with Gasteiger partial charge in [-0.15, -0.1) is 0 Å². The van der Waals surface area contributed by atoms with Crippen LogP contribution in [0.2, 0.25) is 0 Å². The number of hydrogen-bond acceptors (Lipinski definition) is 3. The number of likely N-dealkylation sites (N-methyl/N-ethyl adjacent to an activating group) is 1. The Kier molecular flexibility index (Phi) is 4.63. The zero-order valence-corrected chi connectivity index (χ0v) is 13.6. The molecule has 0 aliphatic heterocycles. The van der Waals surface area contributed by atoms with Crippen LogP contribution >= 0.6 is 0 Å². The lowest BCUT2D eigenvalue weighted by molar-refractivity contribution is 0.142. The Hall–Kier alpha value is -2.33. The summed E-state index contributed by atoms with van der Waals surface area (Å²) in [6.45, 7) is 1.75. The van der Waals surface area contributed by atoms with Gasteiger partial charge in [-0.25, -0.2) is 4.79 Å². The van der Waals surface area contributed by atoms with Crippen molar-refractivity contribution in [3.63, 3.8) is 0 Å². The van der Waals surface area contributed by atoms with Gasteiger partial charge in [-0.1, -0.05) is 48.5 Å². The molecule has 0 fully saturated rings. The zero-order valence-electron chi connectivity index (χ0n) is 13.6. The van der Waals surface area contributed by atoms with E-state index in [4.69, 9.17) is 4.74 Å². The first kappa shape index (κ1) is 15.6. The molecule has 0 saturated carbocycles. The fraction of sp³-hybridized carbons (Fsp3) is 0.316. The second kappa shape index (κ2) is 6.84. The standard InChI is InChI=1S/C19H22N2O2/c1-21(2)12-11-20-19(22)23-13-18-16-9-5-3-7-14(16)15-8-4-6-10-17(15)18/h3-10,18H,11-13H2,1-2H3,(H,20,22). The Morgan fingerprint density at radius 1 is 1.04 bits per heavy atom. The van der Waals surface area contributed by atoms with Crippen LogP contribution in [0.25, 0.3) is 11.1 Å². The van der Waals surface area contributed by atoms with Crippen LogP contribution in [0.4, 0.5) is 4.79 Å². The minimum absolute atomic E-state index is 0.113. The fourth-order valence-electron chi connectivity index (χ4n) is 3.03. The van der Waals surface area contributed by atoms with Gasteiger partial charge < -0.3 is 15.0 Å². The van der Waals surface area contributed by atoms with Crippen LogP contribution < -0.4 is 5.32 Å². The Balaban J connectivity index is 1.67. The predicted octanol–water partition coefficient (Wildman–Crippen LogP) is 3.09. The van der Waals surface area contributed by atoms with E-state index in [0.29, 0.717) is 13.2 Å². The summed E-state index contributed by atoms with van der Waals surface area (Å²) < 4.78 is 5.45. The van der Waals surface area contributed by atoms with E-state index in [1.54, 1.807) is 0 Å². The first-order valence-electron chi connectivity index (χ1n) is 7.90. The van der Waals surface area contributed by atoms with E-state index in [-0.39, 0.29) is 12.0 Å². The second-order valence-corrected chi connectivity index (χ2v) is 6.06. The summed E-state index contributed by atoms with van der Waals surface area (Å²) in [7, 11) is 3.94. The Labute approximate surface area is 137 Å². The van der Waals surface area contributed by atoms with Crippen molar-refractivity contribution < 1.29 is 9.53 Å². The van der Waals surface area contributed by atoms with Crippen molar-refractivity contribution in [2.75, 3.05) is 33.8 Å². The lowest BCUT2D eigenvalue weighted by Gasteiger charge is -2.15. The van der Waals surface area contributed by atoms with Crippen molar-refractivity contribution in [2.45, 2.75) is 5.92 Å². The van der Waals surface area contributed by atoms with E-state index in [9.17, 15) is 4.79 Å². The summed E-state index contributed by atoms with van der Waals surface area (Å²) in [6, 6.07) is 16.7. The highest BCUT2D eigenvalue weighted by Crippen LogP contribution is 2.44. The van der Waals surface area contributed by atoms with E-state index in [1.807, 2.05) is 43.3 Å². The van der Waals surface area contributed by atoms with Gasteiger partial charge >= 0.3 is 6.09 Å². The number of benzene rings is 2. The van der Waals surface area contributed by atoms with Gasteiger partial charge in [0.25, 0.3) is 0 Å². The number of carbonyl (C=O) groups excluding carboxylic acids is 1. The van der Waals surface area contributed by atoms with Crippen LogP contribution in [-0.2, 0) is 4.74 Å². The number of nitrogens with zero attached hydrogens (tertiary/aromatic N) is 1. The van der Waals surface area contributed by atoms with Gasteiger partial charge in [-0.05, 0) is 36.3 Å². The summed E-state index contributed by atoms with van der Waals surface area (Å²) in [5.74, 6) is 0.113. The topological polar surface area (TPSA) is 41.6 Å². The van der Waals surface area contributed by atoms with E-state index < -0.39 is 0 Å². The van der Waals surface area contributed by atoms with Crippen LogP contribution in [0, 0.1) is 0 Å². The number of rotatable bonds is 5. The van der Waals surface area contributed by atoms with Gasteiger partial charge in [-0.2, -0.15) is 0 Å². The third kappa shape index (κ3) is 3.37.